The molecule has 3 nitrogen and oxygen atoms in total. The molecule has 0 aromatic heterocycles. The van der Waals surface area contributed by atoms with Crippen LogP contribution in [0.15, 0.2) is 18.2 Å². The molecule has 92 valence electrons. The quantitative estimate of drug-likeness (QED) is 0.842. The molecule has 0 fully saturated rings. The van der Waals surface area contributed by atoms with Gasteiger partial charge in [-0.25, -0.2) is 0 Å². The highest BCUT2D eigenvalue weighted by atomic mass is 15.1. The van der Waals surface area contributed by atoms with Crippen molar-refractivity contribution >= 4 is 0 Å². The van der Waals surface area contributed by atoms with Gasteiger partial charge >= 0.3 is 0 Å². The van der Waals surface area contributed by atoms with E-state index in [-0.39, 0.29) is 6.04 Å². The number of hydrogen-bond acceptors (Lipinski definition) is 3. The maximum Gasteiger partial charge on any atom is 0.121 e. The molecule has 1 atom stereocenters. The zero-order chi connectivity index (χ0) is 12.8. The van der Waals surface area contributed by atoms with E-state index in [0.29, 0.717) is 0 Å². The molecule has 0 aliphatic carbocycles. The molecule has 0 bridgehead atoms. The van der Waals surface area contributed by atoms with Crippen molar-refractivity contribution in [1.82, 2.24) is 10.2 Å². The average molecular weight is 231 g/mol. The highest BCUT2D eigenvalue weighted by Gasteiger charge is 2.10. The Kier molecular flexibility index (Phi) is 5.14. The summed E-state index contributed by atoms with van der Waals surface area (Å²) in [6, 6.07) is 8.28. The average Bonchev–Trinajstić information content (AvgIpc) is 2.28. The first-order chi connectivity index (χ1) is 8.04. The van der Waals surface area contributed by atoms with Gasteiger partial charge in [0.15, 0.2) is 0 Å². The van der Waals surface area contributed by atoms with Crippen LogP contribution in [0.3, 0.4) is 0 Å². The fourth-order valence-corrected chi connectivity index (χ4v) is 1.61. The number of hydrogen-bond donors (Lipinski definition) is 1. The van der Waals surface area contributed by atoms with Crippen LogP contribution in [-0.4, -0.2) is 32.1 Å². The molecule has 1 aromatic rings. The molecule has 0 amide bonds. The van der Waals surface area contributed by atoms with Crippen LogP contribution < -0.4 is 5.32 Å². The van der Waals surface area contributed by atoms with E-state index >= 15 is 0 Å². The lowest BCUT2D eigenvalue weighted by Gasteiger charge is -2.15. The molecule has 0 aliphatic heterocycles. The van der Waals surface area contributed by atoms with Crippen LogP contribution in [-0.2, 0) is 0 Å². The first-order valence-electron chi connectivity index (χ1n) is 5.89. The van der Waals surface area contributed by atoms with Gasteiger partial charge in [-0.15, -0.1) is 0 Å². The second-order valence-electron chi connectivity index (χ2n) is 4.66. The van der Waals surface area contributed by atoms with Crippen molar-refractivity contribution in [2.45, 2.75) is 19.9 Å². The van der Waals surface area contributed by atoms with Gasteiger partial charge < -0.3 is 4.90 Å². The lowest BCUT2D eigenvalue weighted by molar-refractivity contribution is 0.395. The van der Waals surface area contributed by atoms with Crippen molar-refractivity contribution in [2.75, 3.05) is 27.2 Å². The van der Waals surface area contributed by atoms with E-state index in [4.69, 9.17) is 0 Å². The van der Waals surface area contributed by atoms with Crippen LogP contribution in [0.25, 0.3) is 0 Å². The molecule has 0 heterocycles. The van der Waals surface area contributed by atoms with Crippen molar-refractivity contribution in [2.24, 2.45) is 0 Å². The number of benzene rings is 1. The Morgan fingerprint density at radius 2 is 2.00 bits per heavy atom. The van der Waals surface area contributed by atoms with E-state index in [0.717, 1.165) is 18.7 Å². The molecular weight excluding hydrogens is 210 g/mol. The van der Waals surface area contributed by atoms with Crippen LogP contribution >= 0.6 is 0 Å². The minimum absolute atomic E-state index is 0.214. The largest absolute Gasteiger partial charge is 0.308 e. The van der Waals surface area contributed by atoms with Crippen molar-refractivity contribution in [3.63, 3.8) is 0 Å². The Labute approximate surface area is 104 Å². The van der Waals surface area contributed by atoms with Gasteiger partial charge in [0.05, 0.1) is 6.07 Å². The number of likely N-dealkylation sites (N-methyl/N-ethyl adjacent to an activating group) is 1. The van der Waals surface area contributed by atoms with Crippen LogP contribution in [0.5, 0.6) is 0 Å². The lowest BCUT2D eigenvalue weighted by Crippen LogP contribution is -2.29. The second kappa shape index (κ2) is 6.39. The van der Waals surface area contributed by atoms with E-state index in [1.807, 2.05) is 20.2 Å². The van der Waals surface area contributed by atoms with Gasteiger partial charge in [0.1, 0.15) is 6.04 Å². The molecule has 1 rings (SSSR count). The summed E-state index contributed by atoms with van der Waals surface area (Å²) in [6.45, 7) is 5.91. The first-order valence-corrected chi connectivity index (χ1v) is 5.89. The lowest BCUT2D eigenvalue weighted by atomic mass is 10.0. The highest BCUT2D eigenvalue weighted by Crippen LogP contribution is 2.16. The molecule has 0 aliphatic rings. The topological polar surface area (TPSA) is 39.1 Å². The number of nitriles is 1. The van der Waals surface area contributed by atoms with Crippen LogP contribution in [0.2, 0.25) is 0 Å². The van der Waals surface area contributed by atoms with E-state index in [1.165, 1.54) is 11.1 Å². The van der Waals surface area contributed by atoms with Gasteiger partial charge in [0, 0.05) is 13.1 Å². The normalized spacial score (nSPS) is 12.5. The predicted molar refractivity (Wildman–Crippen MR) is 70.8 cm³/mol. The standard InChI is InChI=1S/C14H21N3/c1-11-5-6-13(9-12(11)2)14(10-15)16-7-8-17(3)4/h5-6,9,14,16H,7-8H2,1-4H3. The van der Waals surface area contributed by atoms with Gasteiger partial charge in [-0.2, -0.15) is 5.26 Å². The SMILES string of the molecule is Cc1ccc(C(C#N)NCCN(C)C)cc1C. The minimum Gasteiger partial charge on any atom is -0.308 e. The molecule has 1 aromatic carbocycles. The van der Waals surface area contributed by atoms with Gasteiger partial charge in [0.25, 0.3) is 0 Å². The summed E-state index contributed by atoms with van der Waals surface area (Å²) in [7, 11) is 4.05. The molecule has 1 unspecified atom stereocenters. The van der Waals surface area contributed by atoms with Gasteiger partial charge in [-0.05, 0) is 44.6 Å². The third kappa shape index (κ3) is 4.18. The van der Waals surface area contributed by atoms with Gasteiger partial charge in [-0.3, -0.25) is 5.32 Å². The van der Waals surface area contributed by atoms with Crippen LogP contribution in [0.1, 0.15) is 22.7 Å². The maximum atomic E-state index is 9.18. The molecule has 0 radical (unpaired) electrons. The molecule has 0 saturated heterocycles. The Hall–Kier alpha value is -1.37. The summed E-state index contributed by atoms with van der Waals surface area (Å²) in [5.41, 5.74) is 3.55. The summed E-state index contributed by atoms with van der Waals surface area (Å²) < 4.78 is 0. The zero-order valence-electron chi connectivity index (χ0n) is 11.1. The molecule has 1 N–H and O–H groups in total. The molecular formula is C14H21N3. The number of nitrogens with zero attached hydrogens (tertiary/aromatic N) is 2. The Bertz CT molecular complexity index is 404. The van der Waals surface area contributed by atoms with Crippen LogP contribution in [0, 0.1) is 25.2 Å². The molecule has 0 spiro atoms. The minimum atomic E-state index is -0.214. The second-order valence-corrected chi connectivity index (χ2v) is 4.66. The van der Waals surface area contributed by atoms with Crippen molar-refractivity contribution in [3.8, 4) is 6.07 Å². The third-order valence-corrected chi connectivity index (χ3v) is 2.90. The van der Waals surface area contributed by atoms with Crippen LogP contribution in [0.4, 0.5) is 0 Å². The summed E-state index contributed by atoms with van der Waals surface area (Å²) in [5, 5.41) is 12.4. The smallest absolute Gasteiger partial charge is 0.121 e. The van der Waals surface area contributed by atoms with E-state index in [2.05, 4.69) is 42.3 Å². The number of nitrogens with one attached hydrogen (secondary N) is 1. The molecule has 0 saturated carbocycles. The van der Waals surface area contributed by atoms with Gasteiger partial charge in [0.2, 0.25) is 0 Å². The summed E-state index contributed by atoms with van der Waals surface area (Å²) in [6.07, 6.45) is 0. The van der Waals surface area contributed by atoms with E-state index in [9.17, 15) is 5.26 Å². The van der Waals surface area contributed by atoms with Crippen molar-refractivity contribution in [1.29, 1.82) is 5.26 Å². The van der Waals surface area contributed by atoms with E-state index < -0.39 is 0 Å². The molecule has 17 heavy (non-hydrogen) atoms. The Balaban J connectivity index is 2.67. The van der Waals surface area contributed by atoms with Crippen molar-refractivity contribution in [3.05, 3.63) is 34.9 Å². The predicted octanol–water partition coefficient (Wildman–Crippen LogP) is 2.02. The van der Waals surface area contributed by atoms with Crippen molar-refractivity contribution < 1.29 is 0 Å². The van der Waals surface area contributed by atoms with Gasteiger partial charge in [-0.1, -0.05) is 18.2 Å². The molecule has 3 heteroatoms. The monoisotopic (exact) mass is 231 g/mol. The number of aryl methyl sites for hydroxylation is 2. The summed E-state index contributed by atoms with van der Waals surface area (Å²) in [5.74, 6) is 0. The maximum absolute atomic E-state index is 9.18. The summed E-state index contributed by atoms with van der Waals surface area (Å²) in [4.78, 5) is 2.10. The Morgan fingerprint density at radius 1 is 1.29 bits per heavy atom. The fraction of sp³-hybridized carbons (Fsp3) is 0.500. The third-order valence-electron chi connectivity index (χ3n) is 2.90. The number of rotatable bonds is 5. The first kappa shape index (κ1) is 13.7. The Morgan fingerprint density at radius 3 is 2.53 bits per heavy atom. The zero-order valence-corrected chi connectivity index (χ0v) is 11.1. The fourth-order valence-electron chi connectivity index (χ4n) is 1.61. The van der Waals surface area contributed by atoms with E-state index in [1.54, 1.807) is 0 Å². The highest BCUT2D eigenvalue weighted by molar-refractivity contribution is 5.33. The summed E-state index contributed by atoms with van der Waals surface area (Å²) >= 11 is 0.